The van der Waals surface area contributed by atoms with Gasteiger partial charge in [-0.05, 0) is 25.0 Å². The zero-order chi connectivity index (χ0) is 12.2. The largest absolute Gasteiger partial charge is 0.369 e. The zero-order valence-corrected chi connectivity index (χ0v) is 11.2. The van der Waals surface area contributed by atoms with Crippen LogP contribution < -0.4 is 4.90 Å². The van der Waals surface area contributed by atoms with Crippen LogP contribution >= 0.6 is 0 Å². The minimum atomic E-state index is 0.886. The Balaban J connectivity index is 1.54. The van der Waals surface area contributed by atoms with Crippen LogP contribution in [0.2, 0.25) is 0 Å². The summed E-state index contributed by atoms with van der Waals surface area (Å²) in [6, 6.07) is 11.7. The van der Waals surface area contributed by atoms with Gasteiger partial charge in [-0.1, -0.05) is 37.5 Å². The van der Waals surface area contributed by atoms with Gasteiger partial charge in [0.1, 0.15) is 0 Å². The Morgan fingerprint density at radius 3 is 2.11 bits per heavy atom. The van der Waals surface area contributed by atoms with E-state index >= 15 is 0 Å². The molecule has 18 heavy (non-hydrogen) atoms. The third kappa shape index (κ3) is 2.69. The molecule has 0 N–H and O–H groups in total. The molecule has 1 saturated heterocycles. The normalized spacial score (nSPS) is 23.2. The third-order valence-electron chi connectivity index (χ3n) is 4.53. The second kappa shape index (κ2) is 5.75. The van der Waals surface area contributed by atoms with Crippen molar-refractivity contribution in [2.24, 2.45) is 0 Å². The van der Waals surface area contributed by atoms with E-state index < -0.39 is 0 Å². The lowest BCUT2D eigenvalue weighted by Gasteiger charge is -2.41. The van der Waals surface area contributed by atoms with Crippen LogP contribution in [0.5, 0.6) is 0 Å². The minimum absolute atomic E-state index is 0.886. The first-order chi connectivity index (χ1) is 8.93. The molecule has 0 spiro atoms. The van der Waals surface area contributed by atoms with Crippen molar-refractivity contribution in [2.75, 3.05) is 31.1 Å². The van der Waals surface area contributed by atoms with Crippen LogP contribution in [0.1, 0.15) is 32.1 Å². The molecule has 2 aliphatic rings. The monoisotopic (exact) mass is 244 g/mol. The molecule has 1 heterocycles. The van der Waals surface area contributed by atoms with Crippen molar-refractivity contribution in [2.45, 2.75) is 38.1 Å². The number of hydrogen-bond donors (Lipinski definition) is 0. The van der Waals surface area contributed by atoms with E-state index in [1.807, 2.05) is 0 Å². The predicted octanol–water partition coefficient (Wildman–Crippen LogP) is 3.14. The Kier molecular flexibility index (Phi) is 3.84. The van der Waals surface area contributed by atoms with Gasteiger partial charge >= 0.3 is 0 Å². The summed E-state index contributed by atoms with van der Waals surface area (Å²) in [6.07, 6.45) is 7.23. The van der Waals surface area contributed by atoms with E-state index in [0.29, 0.717) is 0 Å². The van der Waals surface area contributed by atoms with Crippen LogP contribution in [-0.2, 0) is 0 Å². The van der Waals surface area contributed by atoms with Gasteiger partial charge in [-0.3, -0.25) is 4.90 Å². The maximum absolute atomic E-state index is 2.73. The maximum Gasteiger partial charge on any atom is 0.0367 e. The molecule has 0 bridgehead atoms. The molecule has 0 atom stereocenters. The second-order valence-electron chi connectivity index (χ2n) is 5.65. The molecule has 1 saturated carbocycles. The van der Waals surface area contributed by atoms with Crippen molar-refractivity contribution in [3.05, 3.63) is 30.3 Å². The molecule has 1 aliphatic carbocycles. The molecule has 3 rings (SSSR count). The quantitative estimate of drug-likeness (QED) is 0.788. The van der Waals surface area contributed by atoms with E-state index in [1.54, 1.807) is 0 Å². The van der Waals surface area contributed by atoms with Crippen molar-refractivity contribution in [1.29, 1.82) is 0 Å². The van der Waals surface area contributed by atoms with Crippen LogP contribution in [0.3, 0.4) is 0 Å². The molecular weight excluding hydrogens is 220 g/mol. The molecule has 0 aromatic heterocycles. The molecule has 2 heteroatoms. The summed E-state index contributed by atoms with van der Waals surface area (Å²) in [5.41, 5.74) is 1.39. The first-order valence-electron chi connectivity index (χ1n) is 7.47. The van der Waals surface area contributed by atoms with Crippen molar-refractivity contribution in [3.8, 4) is 0 Å². The van der Waals surface area contributed by atoms with Gasteiger partial charge in [-0.25, -0.2) is 0 Å². The van der Waals surface area contributed by atoms with Crippen LogP contribution in [0.4, 0.5) is 5.69 Å². The number of piperazine rings is 1. The van der Waals surface area contributed by atoms with E-state index in [0.717, 1.165) is 6.04 Å². The molecule has 98 valence electrons. The van der Waals surface area contributed by atoms with E-state index in [1.165, 1.54) is 64.0 Å². The van der Waals surface area contributed by atoms with Gasteiger partial charge in [0.05, 0.1) is 0 Å². The zero-order valence-electron chi connectivity index (χ0n) is 11.2. The predicted molar refractivity (Wildman–Crippen MR) is 77.1 cm³/mol. The molecular formula is C16H24N2. The lowest BCUT2D eigenvalue weighted by molar-refractivity contribution is 0.148. The second-order valence-corrected chi connectivity index (χ2v) is 5.65. The van der Waals surface area contributed by atoms with Gasteiger partial charge in [-0.2, -0.15) is 0 Å². The van der Waals surface area contributed by atoms with Gasteiger partial charge in [0.2, 0.25) is 0 Å². The first kappa shape index (κ1) is 12.0. The van der Waals surface area contributed by atoms with Gasteiger partial charge in [0, 0.05) is 37.9 Å². The average molecular weight is 244 g/mol. The topological polar surface area (TPSA) is 6.48 Å². The molecule has 0 amide bonds. The molecule has 2 nitrogen and oxygen atoms in total. The van der Waals surface area contributed by atoms with E-state index in [4.69, 9.17) is 0 Å². The van der Waals surface area contributed by atoms with Crippen LogP contribution in [-0.4, -0.2) is 37.1 Å². The molecule has 1 aliphatic heterocycles. The van der Waals surface area contributed by atoms with E-state index in [-0.39, 0.29) is 0 Å². The summed E-state index contributed by atoms with van der Waals surface area (Å²) >= 11 is 0. The van der Waals surface area contributed by atoms with Crippen LogP contribution in [0, 0.1) is 0 Å². The summed E-state index contributed by atoms with van der Waals surface area (Å²) in [7, 11) is 0. The van der Waals surface area contributed by atoms with Crippen molar-refractivity contribution in [3.63, 3.8) is 0 Å². The SMILES string of the molecule is c1ccc(N2CCN(C3CCCCC3)CC2)cc1. The third-order valence-corrected chi connectivity index (χ3v) is 4.53. The fraction of sp³-hybridized carbons (Fsp3) is 0.625. The highest BCUT2D eigenvalue weighted by atomic mass is 15.3. The average Bonchev–Trinajstić information content (AvgIpc) is 2.49. The van der Waals surface area contributed by atoms with Crippen molar-refractivity contribution >= 4 is 5.69 Å². The van der Waals surface area contributed by atoms with Gasteiger partial charge < -0.3 is 4.90 Å². The van der Waals surface area contributed by atoms with E-state index in [9.17, 15) is 0 Å². The van der Waals surface area contributed by atoms with Crippen molar-refractivity contribution in [1.82, 2.24) is 4.90 Å². The summed E-state index contributed by atoms with van der Waals surface area (Å²) in [6.45, 7) is 4.89. The molecule has 2 fully saturated rings. The lowest BCUT2D eigenvalue weighted by Crippen LogP contribution is -2.50. The Bertz CT molecular complexity index is 349. The molecule has 0 radical (unpaired) electrons. The summed E-state index contributed by atoms with van der Waals surface area (Å²) in [5.74, 6) is 0. The standard InChI is InChI=1S/C16H24N2/c1-3-7-15(8-4-1)17-11-13-18(14-12-17)16-9-5-2-6-10-16/h1,3-4,7-8,16H,2,5-6,9-14H2. The molecule has 1 aromatic rings. The fourth-order valence-electron chi connectivity index (χ4n) is 3.43. The summed E-state index contributed by atoms with van der Waals surface area (Å²) < 4.78 is 0. The first-order valence-corrected chi connectivity index (χ1v) is 7.47. The highest BCUT2D eigenvalue weighted by Crippen LogP contribution is 2.24. The smallest absolute Gasteiger partial charge is 0.0367 e. The van der Waals surface area contributed by atoms with Crippen LogP contribution in [0.15, 0.2) is 30.3 Å². The highest BCUT2D eigenvalue weighted by Gasteiger charge is 2.24. The number of para-hydroxylation sites is 1. The lowest BCUT2D eigenvalue weighted by atomic mass is 9.94. The Hall–Kier alpha value is -1.02. The highest BCUT2D eigenvalue weighted by molar-refractivity contribution is 5.46. The van der Waals surface area contributed by atoms with Gasteiger partial charge in [0.15, 0.2) is 0 Å². The number of rotatable bonds is 2. The van der Waals surface area contributed by atoms with Crippen LogP contribution in [0.25, 0.3) is 0 Å². The number of benzene rings is 1. The minimum Gasteiger partial charge on any atom is -0.369 e. The van der Waals surface area contributed by atoms with Crippen molar-refractivity contribution < 1.29 is 0 Å². The fourth-order valence-corrected chi connectivity index (χ4v) is 3.43. The maximum atomic E-state index is 2.73. The summed E-state index contributed by atoms with van der Waals surface area (Å²) in [5, 5.41) is 0. The number of hydrogen-bond acceptors (Lipinski definition) is 2. The van der Waals surface area contributed by atoms with Gasteiger partial charge in [-0.15, -0.1) is 0 Å². The Labute approximate surface area is 111 Å². The Morgan fingerprint density at radius 1 is 0.778 bits per heavy atom. The Morgan fingerprint density at radius 2 is 1.44 bits per heavy atom. The summed E-state index contributed by atoms with van der Waals surface area (Å²) in [4.78, 5) is 5.26. The number of anilines is 1. The molecule has 1 aromatic carbocycles. The van der Waals surface area contributed by atoms with E-state index in [2.05, 4.69) is 40.1 Å². The molecule has 0 unspecified atom stereocenters. The van der Waals surface area contributed by atoms with Gasteiger partial charge in [0.25, 0.3) is 0 Å². The number of nitrogens with zero attached hydrogens (tertiary/aromatic N) is 2.